The van der Waals surface area contributed by atoms with E-state index >= 15 is 0 Å². The number of carbonyl (C=O) groups excluding carboxylic acids is 1. The average Bonchev–Trinajstić information content (AvgIpc) is 2.72. The Morgan fingerprint density at radius 3 is 2.70 bits per heavy atom. The molecule has 0 saturated carbocycles. The Morgan fingerprint density at radius 2 is 1.97 bits per heavy atom. The van der Waals surface area contributed by atoms with E-state index in [0.29, 0.717) is 25.2 Å². The summed E-state index contributed by atoms with van der Waals surface area (Å²) in [4.78, 5) is 14.6. The summed E-state index contributed by atoms with van der Waals surface area (Å²) in [6.45, 7) is 4.50. The van der Waals surface area contributed by atoms with Crippen LogP contribution in [0.2, 0.25) is 0 Å². The molecule has 0 aliphatic carbocycles. The molecular weight excluding hydrogens is 405 g/mol. The van der Waals surface area contributed by atoms with Crippen molar-refractivity contribution in [1.82, 2.24) is 9.62 Å². The third kappa shape index (κ3) is 6.62. The van der Waals surface area contributed by atoms with Crippen LogP contribution in [-0.4, -0.2) is 45.4 Å². The summed E-state index contributed by atoms with van der Waals surface area (Å²) in [6.07, 6.45) is 2.21. The van der Waals surface area contributed by atoms with Crippen molar-refractivity contribution in [2.24, 2.45) is 5.92 Å². The van der Waals surface area contributed by atoms with Gasteiger partial charge in [-0.3, -0.25) is 4.79 Å². The molecule has 0 spiro atoms. The first kappa shape index (κ1) is 22.4. The number of piperidine rings is 1. The molecule has 1 aliphatic rings. The maximum absolute atomic E-state index is 13.2. The zero-order valence-electron chi connectivity index (χ0n) is 17.1. The number of halogens is 1. The van der Waals surface area contributed by atoms with Crippen LogP contribution in [0.15, 0.2) is 53.4 Å². The zero-order valence-corrected chi connectivity index (χ0v) is 17.9. The van der Waals surface area contributed by atoms with Gasteiger partial charge in [0.1, 0.15) is 5.82 Å². The molecule has 1 amide bonds. The lowest BCUT2D eigenvalue weighted by molar-refractivity contribution is -0.116. The highest BCUT2D eigenvalue weighted by Gasteiger charge is 2.23. The van der Waals surface area contributed by atoms with Crippen LogP contribution >= 0.6 is 0 Å². The van der Waals surface area contributed by atoms with Crippen molar-refractivity contribution < 1.29 is 17.6 Å². The van der Waals surface area contributed by atoms with E-state index in [2.05, 4.69) is 14.9 Å². The minimum atomic E-state index is -3.52. The van der Waals surface area contributed by atoms with Crippen molar-refractivity contribution in [3.63, 3.8) is 0 Å². The molecule has 1 saturated heterocycles. The molecule has 0 aromatic heterocycles. The van der Waals surface area contributed by atoms with Gasteiger partial charge in [-0.1, -0.05) is 23.8 Å². The number of amides is 1. The van der Waals surface area contributed by atoms with Gasteiger partial charge in [0.25, 0.3) is 0 Å². The van der Waals surface area contributed by atoms with E-state index in [-0.39, 0.29) is 22.5 Å². The SMILES string of the molecule is Cc1ccc(S(=O)(=O)NCC2CCCN(CCC(=O)Nc3cccc(F)c3)C2)cc1. The van der Waals surface area contributed by atoms with E-state index in [4.69, 9.17) is 0 Å². The van der Waals surface area contributed by atoms with Crippen LogP contribution in [0.3, 0.4) is 0 Å². The predicted octanol–water partition coefficient (Wildman–Crippen LogP) is 3.15. The zero-order chi connectivity index (χ0) is 21.6. The Hall–Kier alpha value is -2.29. The highest BCUT2D eigenvalue weighted by atomic mass is 32.2. The molecule has 6 nitrogen and oxygen atoms in total. The molecule has 8 heteroatoms. The number of likely N-dealkylation sites (tertiary alicyclic amines) is 1. The van der Waals surface area contributed by atoms with Crippen molar-refractivity contribution in [3.8, 4) is 0 Å². The first-order chi connectivity index (χ1) is 14.3. The van der Waals surface area contributed by atoms with Crippen molar-refractivity contribution >= 4 is 21.6 Å². The lowest BCUT2D eigenvalue weighted by Gasteiger charge is -2.32. The summed E-state index contributed by atoms with van der Waals surface area (Å²) in [7, 11) is -3.52. The van der Waals surface area contributed by atoms with Crippen LogP contribution in [0.5, 0.6) is 0 Å². The van der Waals surface area contributed by atoms with Crippen LogP contribution in [0.4, 0.5) is 10.1 Å². The number of hydrogen-bond donors (Lipinski definition) is 2. The Morgan fingerprint density at radius 1 is 1.20 bits per heavy atom. The van der Waals surface area contributed by atoms with Gasteiger partial charge < -0.3 is 10.2 Å². The minimum absolute atomic E-state index is 0.164. The van der Waals surface area contributed by atoms with Crippen LogP contribution < -0.4 is 10.0 Å². The number of nitrogens with one attached hydrogen (secondary N) is 2. The highest BCUT2D eigenvalue weighted by molar-refractivity contribution is 7.89. The predicted molar refractivity (Wildman–Crippen MR) is 115 cm³/mol. The van der Waals surface area contributed by atoms with Crippen LogP contribution in [0, 0.1) is 18.7 Å². The van der Waals surface area contributed by atoms with E-state index in [0.717, 1.165) is 31.5 Å². The van der Waals surface area contributed by atoms with Gasteiger partial charge in [0.2, 0.25) is 15.9 Å². The first-order valence-corrected chi connectivity index (χ1v) is 11.6. The van der Waals surface area contributed by atoms with E-state index in [9.17, 15) is 17.6 Å². The molecule has 3 rings (SSSR count). The number of sulfonamides is 1. The lowest BCUT2D eigenvalue weighted by Crippen LogP contribution is -2.41. The van der Waals surface area contributed by atoms with Gasteiger partial charge in [-0.15, -0.1) is 0 Å². The van der Waals surface area contributed by atoms with Gasteiger partial charge in [0, 0.05) is 31.7 Å². The largest absolute Gasteiger partial charge is 0.326 e. The van der Waals surface area contributed by atoms with Crippen LogP contribution in [-0.2, 0) is 14.8 Å². The maximum atomic E-state index is 13.2. The van der Waals surface area contributed by atoms with Crippen LogP contribution in [0.1, 0.15) is 24.8 Å². The van der Waals surface area contributed by atoms with Crippen molar-refractivity contribution in [2.45, 2.75) is 31.1 Å². The van der Waals surface area contributed by atoms with Crippen LogP contribution in [0.25, 0.3) is 0 Å². The third-order valence-electron chi connectivity index (χ3n) is 5.26. The highest BCUT2D eigenvalue weighted by Crippen LogP contribution is 2.18. The summed E-state index contributed by atoms with van der Waals surface area (Å²) < 4.78 is 40.9. The first-order valence-electron chi connectivity index (χ1n) is 10.2. The Balaban J connectivity index is 1.44. The number of carbonyl (C=O) groups is 1. The molecule has 1 fully saturated rings. The molecule has 2 N–H and O–H groups in total. The molecule has 2 aromatic carbocycles. The van der Waals surface area contributed by atoms with Crippen molar-refractivity contribution in [2.75, 3.05) is 31.5 Å². The number of benzene rings is 2. The molecule has 30 heavy (non-hydrogen) atoms. The Kier molecular flexibility index (Phi) is 7.58. The summed E-state index contributed by atoms with van der Waals surface area (Å²) >= 11 is 0. The minimum Gasteiger partial charge on any atom is -0.326 e. The quantitative estimate of drug-likeness (QED) is 0.670. The Labute approximate surface area is 177 Å². The van der Waals surface area contributed by atoms with Gasteiger partial charge in [-0.25, -0.2) is 17.5 Å². The van der Waals surface area contributed by atoms with E-state index in [1.54, 1.807) is 36.4 Å². The maximum Gasteiger partial charge on any atom is 0.240 e. The fraction of sp³-hybridized carbons (Fsp3) is 0.409. The lowest BCUT2D eigenvalue weighted by atomic mass is 9.98. The number of hydrogen-bond acceptors (Lipinski definition) is 4. The second kappa shape index (κ2) is 10.1. The number of anilines is 1. The van der Waals surface area contributed by atoms with Gasteiger partial charge in [0.15, 0.2) is 0 Å². The fourth-order valence-electron chi connectivity index (χ4n) is 3.60. The summed E-state index contributed by atoms with van der Waals surface area (Å²) in [5, 5.41) is 2.70. The monoisotopic (exact) mass is 433 g/mol. The number of rotatable bonds is 8. The number of aryl methyl sites for hydroxylation is 1. The summed E-state index contributed by atoms with van der Waals surface area (Å²) in [5.41, 5.74) is 1.46. The van der Waals surface area contributed by atoms with Crippen molar-refractivity contribution in [1.29, 1.82) is 0 Å². The summed E-state index contributed by atoms with van der Waals surface area (Å²) in [6, 6.07) is 12.6. The molecule has 1 unspecified atom stereocenters. The van der Waals surface area contributed by atoms with Gasteiger partial charge in [-0.05, 0) is 62.6 Å². The second-order valence-electron chi connectivity index (χ2n) is 7.78. The molecule has 2 aromatic rings. The van der Waals surface area contributed by atoms with Gasteiger partial charge in [-0.2, -0.15) is 0 Å². The third-order valence-corrected chi connectivity index (χ3v) is 6.70. The molecular formula is C22H28FN3O3S. The topological polar surface area (TPSA) is 78.5 Å². The average molecular weight is 434 g/mol. The van der Waals surface area contributed by atoms with E-state index in [1.165, 1.54) is 12.1 Å². The van der Waals surface area contributed by atoms with E-state index < -0.39 is 10.0 Å². The summed E-state index contributed by atoms with van der Waals surface area (Å²) in [5.74, 6) is -0.354. The standard InChI is InChI=1S/C22H28FN3O3S/c1-17-7-9-21(10-8-17)30(28,29)24-15-18-4-3-12-26(16-18)13-11-22(27)25-20-6-2-5-19(23)14-20/h2,5-10,14,18,24H,3-4,11-13,15-16H2,1H3,(H,25,27). The molecule has 162 valence electrons. The molecule has 1 atom stereocenters. The molecule has 1 aliphatic heterocycles. The van der Waals surface area contributed by atoms with Crippen molar-refractivity contribution in [3.05, 3.63) is 59.9 Å². The van der Waals surface area contributed by atoms with Gasteiger partial charge in [0.05, 0.1) is 4.90 Å². The van der Waals surface area contributed by atoms with E-state index in [1.807, 2.05) is 6.92 Å². The number of nitrogens with zero attached hydrogens (tertiary/aromatic N) is 1. The normalized spacial score (nSPS) is 17.6. The molecule has 0 radical (unpaired) electrons. The Bertz CT molecular complexity index is 964. The van der Waals surface area contributed by atoms with Gasteiger partial charge >= 0.3 is 0 Å². The molecule has 1 heterocycles. The fourth-order valence-corrected chi connectivity index (χ4v) is 4.71. The smallest absolute Gasteiger partial charge is 0.240 e. The molecule has 0 bridgehead atoms. The second-order valence-corrected chi connectivity index (χ2v) is 9.55.